The summed E-state index contributed by atoms with van der Waals surface area (Å²) in [7, 11) is 0. The Morgan fingerprint density at radius 3 is 1.63 bits per heavy atom. The molecule has 0 spiro atoms. The van der Waals surface area contributed by atoms with Crippen molar-refractivity contribution in [2.75, 3.05) is 32.7 Å². The van der Waals surface area contributed by atoms with Gasteiger partial charge in [-0.2, -0.15) is 0 Å². The lowest BCUT2D eigenvalue weighted by Crippen LogP contribution is -2.59. The van der Waals surface area contributed by atoms with Gasteiger partial charge in [0.25, 0.3) is 0 Å². The molecule has 0 aromatic heterocycles. The van der Waals surface area contributed by atoms with Crippen molar-refractivity contribution < 1.29 is 43.2 Å². The van der Waals surface area contributed by atoms with E-state index in [-0.39, 0.29) is 108 Å². The highest BCUT2D eigenvalue weighted by Crippen LogP contribution is 2.19. The first-order valence-corrected chi connectivity index (χ1v) is 25.9. The van der Waals surface area contributed by atoms with Gasteiger partial charge in [0.05, 0.1) is 12.1 Å². The van der Waals surface area contributed by atoms with Crippen LogP contribution in [0.1, 0.15) is 136 Å². The number of amides is 7. The van der Waals surface area contributed by atoms with Crippen LogP contribution >= 0.6 is 0 Å². The molecule has 1 aliphatic rings. The zero-order valence-corrected chi connectivity index (χ0v) is 43.0. The van der Waals surface area contributed by atoms with Crippen molar-refractivity contribution in [2.24, 2.45) is 46.6 Å². The fourth-order valence-corrected chi connectivity index (χ4v) is 8.50. The summed E-state index contributed by atoms with van der Waals surface area (Å²) in [5.74, 6) is -7.87. The third kappa shape index (κ3) is 23.6. The minimum absolute atomic E-state index is 0.0215. The van der Waals surface area contributed by atoms with Crippen LogP contribution in [0.5, 0.6) is 0 Å². The van der Waals surface area contributed by atoms with Gasteiger partial charge in [-0.25, -0.2) is 0 Å². The molecule has 71 heavy (non-hydrogen) atoms. The average Bonchev–Trinajstić information content (AvgIpc) is 3.32. The number of benzene rings is 1. The molecule has 400 valence electrons. The largest absolute Gasteiger partial charge is 0.354 e. The summed E-state index contributed by atoms with van der Waals surface area (Å²) in [6, 6.07) is 1.94. The van der Waals surface area contributed by atoms with E-state index >= 15 is 0 Å². The Bertz CT molecular complexity index is 1850. The molecule has 0 aliphatic carbocycles. The van der Waals surface area contributed by atoms with Gasteiger partial charge in [0.1, 0.15) is 24.2 Å². The van der Waals surface area contributed by atoms with Crippen LogP contribution in [0.15, 0.2) is 30.3 Å². The van der Waals surface area contributed by atoms with Gasteiger partial charge < -0.3 is 60.2 Å². The number of ketones is 2. The first-order chi connectivity index (χ1) is 33.9. The predicted octanol–water partition coefficient (Wildman–Crippen LogP) is 0.656. The Hall–Kier alpha value is -5.31. The molecular weight excluding hydrogens is 911 g/mol. The maximum Gasteiger partial charge on any atom is 0.243 e. The molecule has 8 atom stereocenters. The second-order valence-corrected chi connectivity index (χ2v) is 19.7. The van der Waals surface area contributed by atoms with E-state index in [1.165, 1.54) is 0 Å². The Labute approximate surface area is 421 Å². The van der Waals surface area contributed by atoms with Crippen molar-refractivity contribution in [2.45, 2.75) is 174 Å². The minimum Gasteiger partial charge on any atom is -0.354 e. The van der Waals surface area contributed by atoms with Crippen LogP contribution in [0.25, 0.3) is 0 Å². The summed E-state index contributed by atoms with van der Waals surface area (Å²) < 4.78 is 0. The Morgan fingerprint density at radius 1 is 0.606 bits per heavy atom. The molecule has 0 saturated carbocycles. The zero-order valence-electron chi connectivity index (χ0n) is 43.0. The van der Waals surface area contributed by atoms with Crippen LogP contribution in [-0.4, -0.2) is 122 Å². The van der Waals surface area contributed by atoms with Gasteiger partial charge in [0.2, 0.25) is 41.4 Å². The number of unbranched alkanes of at least 4 members (excludes halogenated alkanes) is 5. The van der Waals surface area contributed by atoms with Gasteiger partial charge in [-0.15, -0.1) is 0 Å². The second-order valence-electron chi connectivity index (χ2n) is 19.7. The van der Waals surface area contributed by atoms with Gasteiger partial charge in [0.15, 0.2) is 11.6 Å². The molecule has 1 aliphatic heterocycles. The topological polar surface area (TPSA) is 342 Å². The fourth-order valence-electron chi connectivity index (χ4n) is 8.50. The number of hydrogen-bond acceptors (Lipinski definition) is 13. The molecule has 20 heteroatoms. The summed E-state index contributed by atoms with van der Waals surface area (Å²) in [5.41, 5.74) is 24.5. The maximum atomic E-state index is 14.4. The molecule has 15 N–H and O–H groups in total. The van der Waals surface area contributed by atoms with E-state index in [1.807, 2.05) is 27.7 Å². The van der Waals surface area contributed by atoms with Crippen LogP contribution in [0, 0.1) is 23.7 Å². The summed E-state index contributed by atoms with van der Waals surface area (Å²) in [6.07, 6.45) is 5.43. The smallest absolute Gasteiger partial charge is 0.243 e. The van der Waals surface area contributed by atoms with Crippen molar-refractivity contribution in [3.05, 3.63) is 35.9 Å². The molecule has 1 fully saturated rings. The second kappa shape index (κ2) is 34.1. The number of carbonyl (C=O) groups is 9. The van der Waals surface area contributed by atoms with E-state index in [0.717, 1.165) is 37.7 Å². The summed E-state index contributed by atoms with van der Waals surface area (Å²) in [4.78, 5) is 126. The van der Waals surface area contributed by atoms with E-state index in [4.69, 9.17) is 22.9 Å². The van der Waals surface area contributed by atoms with E-state index in [0.29, 0.717) is 6.42 Å². The molecular formula is C51H87N11O9. The van der Waals surface area contributed by atoms with Crippen LogP contribution in [-0.2, 0) is 49.6 Å². The van der Waals surface area contributed by atoms with Gasteiger partial charge in [-0.1, -0.05) is 97.1 Å². The lowest BCUT2D eigenvalue weighted by atomic mass is 9.89. The highest BCUT2D eigenvalue weighted by molar-refractivity contribution is 5.98. The summed E-state index contributed by atoms with van der Waals surface area (Å²) >= 11 is 0. The third-order valence-electron chi connectivity index (χ3n) is 12.5. The van der Waals surface area contributed by atoms with Crippen molar-refractivity contribution >= 4 is 52.9 Å². The van der Waals surface area contributed by atoms with Crippen LogP contribution in [0.4, 0.5) is 0 Å². The molecule has 0 bridgehead atoms. The van der Waals surface area contributed by atoms with Gasteiger partial charge in [0, 0.05) is 44.2 Å². The van der Waals surface area contributed by atoms with Gasteiger partial charge in [-0.3, -0.25) is 43.2 Å². The number of carbonyl (C=O) groups excluding carboxylic acids is 9. The van der Waals surface area contributed by atoms with Crippen LogP contribution in [0.2, 0.25) is 0 Å². The number of nitrogens with one attached hydrogen (secondary N) is 7. The molecule has 0 radical (unpaired) electrons. The first-order valence-electron chi connectivity index (χ1n) is 25.9. The molecule has 0 unspecified atom stereocenters. The Kier molecular flexibility index (Phi) is 29.7. The number of nitrogens with two attached hydrogens (primary N) is 4. The average molecular weight is 998 g/mol. The van der Waals surface area contributed by atoms with Gasteiger partial charge in [-0.05, 0) is 88.4 Å². The van der Waals surface area contributed by atoms with Crippen molar-refractivity contribution in [3.63, 3.8) is 0 Å². The van der Waals surface area contributed by atoms with Gasteiger partial charge >= 0.3 is 0 Å². The Morgan fingerprint density at radius 2 is 1.08 bits per heavy atom. The zero-order chi connectivity index (χ0) is 52.9. The van der Waals surface area contributed by atoms with Crippen molar-refractivity contribution in [1.82, 2.24) is 37.2 Å². The summed E-state index contributed by atoms with van der Waals surface area (Å²) in [5, 5.41) is 19.2. The minimum atomic E-state index is -1.23. The van der Waals surface area contributed by atoms with E-state index in [1.54, 1.807) is 30.3 Å². The predicted molar refractivity (Wildman–Crippen MR) is 273 cm³/mol. The van der Waals surface area contributed by atoms with E-state index < -0.39 is 102 Å². The standard InChI is InChI=1S/C51H87N11O9/c1-6-7-8-9-10-14-17-45(65)57-42(31-55)44(64)29-35-21-25-56-48(68)40(26-32(2)3)62-50(70)39(20-24-54)59-49(69)38(19-23-53)60-51(71)41(27-33(4)5)61-47(67)36(28-34-15-12-11-13-16-34)30-43(63)37(18-22-52)58-46(35)66/h11-13,15-16,32-33,35-42H,6-10,14,17-31,52-55H2,1-5H3,(H,56,68)(H,57,65)(H,58,66)(H,59,69)(H,60,71)(H,61,67)(H,62,70)/t35-,36+,37+,38+,39+,40+,41+,42-/m1/s1. The van der Waals surface area contributed by atoms with Crippen LogP contribution in [0.3, 0.4) is 0 Å². The molecule has 20 nitrogen and oxygen atoms in total. The van der Waals surface area contributed by atoms with E-state index in [9.17, 15) is 43.2 Å². The Balaban J connectivity index is 2.66. The molecule has 1 heterocycles. The molecule has 2 rings (SSSR count). The lowest BCUT2D eigenvalue weighted by Gasteiger charge is -2.28. The third-order valence-corrected chi connectivity index (χ3v) is 12.5. The summed E-state index contributed by atoms with van der Waals surface area (Å²) in [6.45, 7) is 9.07. The number of Topliss-reactive ketones (excluding diaryl/α,β-unsaturated/α-hetero) is 2. The highest BCUT2D eigenvalue weighted by Gasteiger charge is 2.36. The van der Waals surface area contributed by atoms with Crippen molar-refractivity contribution in [3.8, 4) is 0 Å². The first kappa shape index (κ1) is 61.8. The number of hydrogen-bond donors (Lipinski definition) is 11. The van der Waals surface area contributed by atoms with Crippen LogP contribution < -0.4 is 60.2 Å². The number of rotatable bonds is 24. The molecule has 1 aromatic rings. The lowest BCUT2D eigenvalue weighted by molar-refractivity contribution is -0.136. The normalized spacial score (nSPS) is 23.2. The monoisotopic (exact) mass is 998 g/mol. The van der Waals surface area contributed by atoms with Crippen molar-refractivity contribution in [1.29, 1.82) is 0 Å². The van der Waals surface area contributed by atoms with E-state index in [2.05, 4.69) is 44.1 Å². The highest BCUT2D eigenvalue weighted by atomic mass is 16.2. The SMILES string of the molecule is CCCCCCCCC(=O)N[C@H](CN)C(=O)C[C@H]1CCNC(=O)[C@H](CC(C)C)NC(=O)[C@H](CCN)NC(=O)[C@H](CCN)NC(=O)[C@H](CC(C)C)NC(=O)[C@@H](Cc2ccccc2)CC(=O)[C@H](CCN)NC1=O. The molecule has 7 amide bonds. The fraction of sp³-hybridized carbons (Fsp3) is 0.706. The quantitative estimate of drug-likeness (QED) is 0.0635. The molecule has 1 aromatic carbocycles. The molecule has 1 saturated heterocycles. The maximum absolute atomic E-state index is 14.4.